The van der Waals surface area contributed by atoms with Gasteiger partial charge in [-0.15, -0.1) is 0 Å². The Morgan fingerprint density at radius 2 is 2.11 bits per heavy atom. The van der Waals surface area contributed by atoms with Crippen LogP contribution >= 0.6 is 0 Å². The molecule has 1 aromatic carbocycles. The molecule has 19 heavy (non-hydrogen) atoms. The summed E-state index contributed by atoms with van der Waals surface area (Å²) in [6.45, 7) is 5.70. The Labute approximate surface area is 114 Å². The summed E-state index contributed by atoms with van der Waals surface area (Å²) in [5.41, 5.74) is 1.17. The largest absolute Gasteiger partial charge is 0.354 e. The second-order valence-electron chi connectivity index (χ2n) is 5.18. The van der Waals surface area contributed by atoms with Crippen LogP contribution in [0.4, 0.5) is 0 Å². The van der Waals surface area contributed by atoms with E-state index in [4.69, 9.17) is 4.74 Å². The number of aldehydes is 1. The highest BCUT2D eigenvalue weighted by Gasteiger charge is 2.34. The molecule has 3 nitrogen and oxygen atoms in total. The first-order valence-electron chi connectivity index (χ1n) is 6.76. The predicted molar refractivity (Wildman–Crippen MR) is 76.6 cm³/mol. The minimum absolute atomic E-state index is 0.315. The Morgan fingerprint density at radius 3 is 2.74 bits per heavy atom. The molecular formula is C16H21NO2. The number of hydrogen-bond donors (Lipinski definition) is 0. The maximum Gasteiger partial charge on any atom is 0.167 e. The second kappa shape index (κ2) is 6.64. The molecule has 2 rings (SSSR count). The zero-order valence-corrected chi connectivity index (χ0v) is 11.5. The van der Waals surface area contributed by atoms with Crippen molar-refractivity contribution in [2.24, 2.45) is 5.92 Å². The molecule has 3 heteroatoms. The summed E-state index contributed by atoms with van der Waals surface area (Å²) < 4.78 is 5.52. The third-order valence-electron chi connectivity index (χ3n) is 3.50. The first kappa shape index (κ1) is 14.0. The van der Waals surface area contributed by atoms with E-state index in [9.17, 15) is 4.79 Å². The summed E-state index contributed by atoms with van der Waals surface area (Å²) in [6, 6.07) is 10.5. The van der Waals surface area contributed by atoms with E-state index in [1.165, 1.54) is 5.56 Å². The number of ether oxygens (including phenoxy) is 1. The molecule has 1 aliphatic rings. The Balaban J connectivity index is 1.99. The van der Waals surface area contributed by atoms with Gasteiger partial charge in [-0.05, 0) is 11.5 Å². The van der Waals surface area contributed by atoms with E-state index in [0.717, 1.165) is 12.8 Å². The SMILES string of the molecule is CC(C)[C@@H]1COC(C=O)N1C/C=C/c1ccccc1. The average Bonchev–Trinajstić information content (AvgIpc) is 2.83. The molecule has 0 spiro atoms. The van der Waals surface area contributed by atoms with Crippen molar-refractivity contribution in [2.75, 3.05) is 13.2 Å². The number of hydrogen-bond acceptors (Lipinski definition) is 3. The van der Waals surface area contributed by atoms with Gasteiger partial charge >= 0.3 is 0 Å². The van der Waals surface area contributed by atoms with Gasteiger partial charge in [0.05, 0.1) is 6.61 Å². The molecule has 0 amide bonds. The smallest absolute Gasteiger partial charge is 0.167 e. The lowest BCUT2D eigenvalue weighted by Crippen LogP contribution is -2.40. The lowest BCUT2D eigenvalue weighted by atomic mass is 10.0. The van der Waals surface area contributed by atoms with Crippen molar-refractivity contribution >= 4 is 12.4 Å². The average molecular weight is 259 g/mol. The molecule has 0 radical (unpaired) electrons. The van der Waals surface area contributed by atoms with E-state index < -0.39 is 6.23 Å². The highest BCUT2D eigenvalue weighted by atomic mass is 16.5. The van der Waals surface area contributed by atoms with Gasteiger partial charge in [0.2, 0.25) is 0 Å². The van der Waals surface area contributed by atoms with E-state index >= 15 is 0 Å². The number of nitrogens with zero attached hydrogens (tertiary/aromatic N) is 1. The van der Waals surface area contributed by atoms with Gasteiger partial charge in [-0.25, -0.2) is 0 Å². The predicted octanol–water partition coefficient (Wildman–Crippen LogP) is 2.58. The minimum Gasteiger partial charge on any atom is -0.354 e. The molecule has 0 aliphatic carbocycles. The summed E-state index contributed by atoms with van der Waals surface area (Å²) in [5, 5.41) is 0. The summed E-state index contributed by atoms with van der Waals surface area (Å²) in [5.74, 6) is 0.482. The van der Waals surface area contributed by atoms with Crippen LogP contribution in [0.2, 0.25) is 0 Å². The van der Waals surface area contributed by atoms with Crippen LogP contribution in [0.5, 0.6) is 0 Å². The molecule has 1 heterocycles. The summed E-state index contributed by atoms with van der Waals surface area (Å²) in [7, 11) is 0. The van der Waals surface area contributed by atoms with Gasteiger partial charge in [-0.2, -0.15) is 0 Å². The molecule has 1 saturated heterocycles. The van der Waals surface area contributed by atoms with E-state index in [2.05, 4.69) is 43.0 Å². The van der Waals surface area contributed by atoms with Crippen LogP contribution < -0.4 is 0 Å². The van der Waals surface area contributed by atoms with Crippen LogP contribution in [-0.2, 0) is 9.53 Å². The van der Waals surface area contributed by atoms with E-state index in [1.54, 1.807) is 0 Å². The minimum atomic E-state index is -0.396. The number of benzene rings is 1. The van der Waals surface area contributed by atoms with Crippen molar-refractivity contribution < 1.29 is 9.53 Å². The van der Waals surface area contributed by atoms with Gasteiger partial charge in [0.15, 0.2) is 12.5 Å². The molecule has 0 aromatic heterocycles. The van der Waals surface area contributed by atoms with Crippen LogP contribution in [-0.4, -0.2) is 36.6 Å². The van der Waals surface area contributed by atoms with Crippen molar-refractivity contribution in [1.82, 2.24) is 4.90 Å². The Hall–Kier alpha value is -1.45. The summed E-state index contributed by atoms with van der Waals surface area (Å²) in [6.07, 6.45) is 4.67. The van der Waals surface area contributed by atoms with Gasteiger partial charge in [-0.1, -0.05) is 56.3 Å². The number of rotatable bonds is 5. The first-order chi connectivity index (χ1) is 9.22. The van der Waals surface area contributed by atoms with E-state index in [-0.39, 0.29) is 0 Å². The quantitative estimate of drug-likeness (QED) is 0.761. The fourth-order valence-electron chi connectivity index (χ4n) is 2.38. The van der Waals surface area contributed by atoms with Crippen molar-refractivity contribution in [2.45, 2.75) is 26.1 Å². The molecule has 1 aliphatic heterocycles. The fraction of sp³-hybridized carbons (Fsp3) is 0.438. The third-order valence-corrected chi connectivity index (χ3v) is 3.50. The van der Waals surface area contributed by atoms with Gasteiger partial charge in [-0.3, -0.25) is 9.69 Å². The Bertz CT molecular complexity index is 428. The first-order valence-corrected chi connectivity index (χ1v) is 6.76. The van der Waals surface area contributed by atoms with Crippen molar-refractivity contribution in [3.8, 4) is 0 Å². The van der Waals surface area contributed by atoms with Crippen molar-refractivity contribution in [3.05, 3.63) is 42.0 Å². The molecule has 0 saturated carbocycles. The maximum atomic E-state index is 11.0. The molecule has 0 bridgehead atoms. The fourth-order valence-corrected chi connectivity index (χ4v) is 2.38. The van der Waals surface area contributed by atoms with Gasteiger partial charge in [0.1, 0.15) is 0 Å². The molecule has 0 N–H and O–H groups in total. The zero-order chi connectivity index (χ0) is 13.7. The van der Waals surface area contributed by atoms with Crippen LogP contribution in [0.25, 0.3) is 6.08 Å². The van der Waals surface area contributed by atoms with E-state index in [0.29, 0.717) is 18.6 Å². The van der Waals surface area contributed by atoms with Crippen LogP contribution in [0.1, 0.15) is 19.4 Å². The molecule has 2 atom stereocenters. The Kier molecular flexibility index (Phi) is 4.88. The normalized spacial score (nSPS) is 24.4. The third kappa shape index (κ3) is 3.52. The molecular weight excluding hydrogens is 238 g/mol. The number of carbonyl (C=O) groups is 1. The highest BCUT2D eigenvalue weighted by molar-refractivity contribution is 5.56. The molecule has 102 valence electrons. The summed E-state index contributed by atoms with van der Waals surface area (Å²) in [4.78, 5) is 13.2. The molecule has 1 fully saturated rings. The standard InChI is InChI=1S/C16H21NO2/c1-13(2)15-12-19-16(11-18)17(15)10-6-9-14-7-4-3-5-8-14/h3-9,11,13,15-16H,10,12H2,1-2H3/b9-6+/t15-,16?/m0/s1. The summed E-state index contributed by atoms with van der Waals surface area (Å²) >= 11 is 0. The monoisotopic (exact) mass is 259 g/mol. The van der Waals surface area contributed by atoms with Gasteiger partial charge < -0.3 is 4.74 Å². The van der Waals surface area contributed by atoms with Crippen LogP contribution in [0, 0.1) is 5.92 Å². The van der Waals surface area contributed by atoms with E-state index in [1.807, 2.05) is 18.2 Å². The second-order valence-corrected chi connectivity index (χ2v) is 5.18. The van der Waals surface area contributed by atoms with Gasteiger partial charge in [0, 0.05) is 12.6 Å². The topological polar surface area (TPSA) is 29.5 Å². The highest BCUT2D eigenvalue weighted by Crippen LogP contribution is 2.21. The van der Waals surface area contributed by atoms with Crippen LogP contribution in [0.15, 0.2) is 36.4 Å². The molecule has 1 aromatic rings. The molecule has 1 unspecified atom stereocenters. The lowest BCUT2D eigenvalue weighted by Gasteiger charge is -2.26. The zero-order valence-electron chi connectivity index (χ0n) is 11.5. The number of carbonyl (C=O) groups excluding carboxylic acids is 1. The lowest BCUT2D eigenvalue weighted by molar-refractivity contribution is -0.121. The maximum absolute atomic E-state index is 11.0. The van der Waals surface area contributed by atoms with Crippen LogP contribution in [0.3, 0.4) is 0 Å². The van der Waals surface area contributed by atoms with Crippen molar-refractivity contribution in [1.29, 1.82) is 0 Å². The Morgan fingerprint density at radius 1 is 1.37 bits per heavy atom. The van der Waals surface area contributed by atoms with Gasteiger partial charge in [0.25, 0.3) is 0 Å². The van der Waals surface area contributed by atoms with Crippen molar-refractivity contribution in [3.63, 3.8) is 0 Å².